The van der Waals surface area contributed by atoms with Gasteiger partial charge in [-0.3, -0.25) is 14.6 Å². The SMILES string of the molecule is O=C(CCCCCCCCBr)N1CCC2(CC1)CCN(c1cncc(Nc3ncc(Cl)c(-c4cccc(-c5ccccc5)c4)n3)c1)C2=O. The number of benzene rings is 2. The van der Waals surface area contributed by atoms with E-state index in [0.717, 1.165) is 47.0 Å². The van der Waals surface area contributed by atoms with Crippen LogP contribution in [0.4, 0.5) is 17.3 Å². The maximum Gasteiger partial charge on any atom is 0.233 e. The second-order valence-electron chi connectivity index (χ2n) is 12.8. The van der Waals surface area contributed by atoms with Crippen molar-refractivity contribution in [1.29, 1.82) is 0 Å². The number of amides is 2. The molecule has 0 radical (unpaired) electrons. The molecule has 2 saturated heterocycles. The smallest absolute Gasteiger partial charge is 0.233 e. The first-order valence-corrected chi connectivity index (χ1v) is 18.5. The first kappa shape index (κ1) is 34.1. The van der Waals surface area contributed by atoms with Crippen molar-refractivity contribution in [2.75, 3.05) is 35.2 Å². The lowest BCUT2D eigenvalue weighted by Crippen LogP contribution is -2.46. The van der Waals surface area contributed by atoms with Gasteiger partial charge in [-0.1, -0.05) is 102 Å². The van der Waals surface area contributed by atoms with Crippen molar-refractivity contribution in [3.63, 3.8) is 0 Å². The molecule has 0 unspecified atom stereocenters. The van der Waals surface area contributed by atoms with Crippen LogP contribution in [0.15, 0.2) is 79.3 Å². The third-order valence-electron chi connectivity index (χ3n) is 9.64. The van der Waals surface area contributed by atoms with Gasteiger partial charge in [0.15, 0.2) is 0 Å². The largest absolute Gasteiger partial charge is 0.343 e. The molecule has 8 nitrogen and oxygen atoms in total. The van der Waals surface area contributed by atoms with Gasteiger partial charge in [0.05, 0.1) is 46.1 Å². The van der Waals surface area contributed by atoms with E-state index in [4.69, 9.17) is 16.6 Å². The molecule has 4 heterocycles. The Bertz CT molecular complexity index is 1710. The average molecular weight is 730 g/mol. The van der Waals surface area contributed by atoms with Crippen molar-refractivity contribution in [3.05, 3.63) is 84.3 Å². The lowest BCUT2D eigenvalue weighted by molar-refractivity contribution is -0.137. The molecular weight excluding hydrogens is 688 g/mol. The Kier molecular flexibility index (Phi) is 11.4. The van der Waals surface area contributed by atoms with E-state index in [0.29, 0.717) is 61.2 Å². The number of carbonyl (C=O) groups excluding carboxylic acids is 2. The summed E-state index contributed by atoms with van der Waals surface area (Å²) in [6.07, 6.45) is 14.8. The monoisotopic (exact) mass is 728 g/mol. The van der Waals surface area contributed by atoms with Crippen molar-refractivity contribution < 1.29 is 9.59 Å². The second kappa shape index (κ2) is 16.1. The molecule has 6 rings (SSSR count). The highest BCUT2D eigenvalue weighted by Gasteiger charge is 2.49. The molecule has 4 aromatic rings. The van der Waals surface area contributed by atoms with Gasteiger partial charge in [-0.05, 0) is 55.4 Å². The molecule has 0 aliphatic carbocycles. The van der Waals surface area contributed by atoms with Crippen molar-refractivity contribution >= 4 is 56.7 Å². The fourth-order valence-corrected chi connectivity index (χ4v) is 7.43. The Morgan fingerprint density at radius 1 is 0.833 bits per heavy atom. The second-order valence-corrected chi connectivity index (χ2v) is 14.0. The minimum absolute atomic E-state index is 0.125. The van der Waals surface area contributed by atoms with E-state index in [1.807, 2.05) is 46.2 Å². The van der Waals surface area contributed by atoms with Gasteiger partial charge in [-0.2, -0.15) is 0 Å². The summed E-state index contributed by atoms with van der Waals surface area (Å²) in [6.45, 7) is 1.92. The van der Waals surface area contributed by atoms with E-state index >= 15 is 0 Å². The number of nitrogens with zero attached hydrogens (tertiary/aromatic N) is 5. The van der Waals surface area contributed by atoms with E-state index < -0.39 is 5.41 Å². The van der Waals surface area contributed by atoms with Crippen LogP contribution in [0.25, 0.3) is 22.4 Å². The predicted octanol–water partition coefficient (Wildman–Crippen LogP) is 9.07. The van der Waals surface area contributed by atoms with E-state index in [1.165, 1.54) is 25.7 Å². The van der Waals surface area contributed by atoms with E-state index in [2.05, 4.69) is 55.5 Å². The first-order valence-electron chi connectivity index (χ1n) is 17.0. The molecule has 2 fully saturated rings. The molecule has 2 aliphatic heterocycles. The minimum Gasteiger partial charge on any atom is -0.343 e. The van der Waals surface area contributed by atoms with Crippen LogP contribution in [0, 0.1) is 5.41 Å². The number of hydrogen-bond acceptors (Lipinski definition) is 6. The van der Waals surface area contributed by atoms with E-state index in [9.17, 15) is 9.59 Å². The van der Waals surface area contributed by atoms with Crippen LogP contribution in [-0.2, 0) is 9.59 Å². The summed E-state index contributed by atoms with van der Waals surface area (Å²) < 4.78 is 0. The zero-order valence-electron chi connectivity index (χ0n) is 27.2. The lowest BCUT2D eigenvalue weighted by atomic mass is 9.77. The number of halogens is 2. The zero-order valence-corrected chi connectivity index (χ0v) is 29.6. The maximum atomic E-state index is 13.8. The molecule has 2 aliphatic rings. The van der Waals surface area contributed by atoms with Gasteiger partial charge in [0.2, 0.25) is 17.8 Å². The minimum atomic E-state index is -0.419. The maximum absolute atomic E-state index is 13.8. The highest BCUT2D eigenvalue weighted by atomic mass is 79.9. The lowest BCUT2D eigenvalue weighted by Gasteiger charge is -2.38. The number of unbranched alkanes of at least 4 members (excludes halogenated alkanes) is 5. The molecule has 10 heteroatoms. The van der Waals surface area contributed by atoms with Gasteiger partial charge >= 0.3 is 0 Å². The van der Waals surface area contributed by atoms with Gasteiger partial charge in [0, 0.05) is 36.9 Å². The number of alkyl halides is 1. The van der Waals surface area contributed by atoms with E-state index in [1.54, 1.807) is 18.6 Å². The van der Waals surface area contributed by atoms with Gasteiger partial charge in [-0.15, -0.1) is 0 Å². The number of piperidine rings is 1. The first-order chi connectivity index (χ1) is 23.5. The number of pyridine rings is 1. The number of rotatable bonds is 13. The average Bonchev–Trinajstić information content (AvgIpc) is 3.43. The van der Waals surface area contributed by atoms with Crippen LogP contribution in [0.1, 0.15) is 64.2 Å². The van der Waals surface area contributed by atoms with Crippen molar-refractivity contribution in [1.82, 2.24) is 19.9 Å². The number of hydrogen-bond donors (Lipinski definition) is 1. The Balaban J connectivity index is 1.06. The molecule has 0 bridgehead atoms. The van der Waals surface area contributed by atoms with Gasteiger partial charge in [-0.25, -0.2) is 9.97 Å². The standard InChI is InChI=1S/C38H42BrClN6O2/c39-19-9-4-2-1-3-8-15-34(47)45-20-16-38(17-21-45)18-22-46(36(38)48)32-24-31(25-41-26-32)43-37-42-27-33(40)35(44-37)30-14-10-13-29(23-30)28-11-6-5-7-12-28/h5-7,10-14,23-27H,1-4,8-9,15-22H2,(H,42,43,44). The quantitative estimate of drug-likeness (QED) is 0.109. The third kappa shape index (κ3) is 8.06. The molecule has 48 heavy (non-hydrogen) atoms. The Morgan fingerprint density at radius 2 is 1.54 bits per heavy atom. The summed E-state index contributed by atoms with van der Waals surface area (Å²) in [7, 11) is 0. The number of anilines is 3. The van der Waals surface area contributed by atoms with Crippen LogP contribution in [0.3, 0.4) is 0 Å². The number of likely N-dealkylation sites (tertiary alicyclic amines) is 1. The molecule has 2 aromatic heterocycles. The Labute approximate surface area is 296 Å². The van der Waals surface area contributed by atoms with Gasteiger partial charge < -0.3 is 15.1 Å². The normalized spacial score (nSPS) is 15.7. The molecule has 250 valence electrons. The highest BCUT2D eigenvalue weighted by molar-refractivity contribution is 9.09. The zero-order chi connectivity index (χ0) is 33.3. The summed E-state index contributed by atoms with van der Waals surface area (Å²) in [5.41, 5.74) is 4.69. The molecule has 0 atom stereocenters. The van der Waals surface area contributed by atoms with Gasteiger partial charge in [0.1, 0.15) is 0 Å². The topological polar surface area (TPSA) is 91.3 Å². The fraction of sp³-hybridized carbons (Fsp3) is 0.395. The van der Waals surface area contributed by atoms with Crippen LogP contribution in [0.5, 0.6) is 0 Å². The molecule has 1 N–H and O–H groups in total. The summed E-state index contributed by atoms with van der Waals surface area (Å²) in [5.74, 6) is 0.738. The Morgan fingerprint density at radius 3 is 2.33 bits per heavy atom. The molecule has 2 aromatic carbocycles. The van der Waals surface area contributed by atoms with Gasteiger partial charge in [0.25, 0.3) is 0 Å². The van der Waals surface area contributed by atoms with Crippen LogP contribution in [0.2, 0.25) is 5.02 Å². The van der Waals surface area contributed by atoms with Crippen molar-refractivity contribution in [3.8, 4) is 22.4 Å². The number of carbonyl (C=O) groups is 2. The molecule has 2 amide bonds. The fourth-order valence-electron chi connectivity index (χ4n) is 6.83. The molecule has 1 spiro atoms. The molecule has 0 saturated carbocycles. The molecular formula is C38H42BrClN6O2. The number of aromatic nitrogens is 3. The van der Waals surface area contributed by atoms with Crippen LogP contribution in [-0.4, -0.2) is 56.6 Å². The number of nitrogens with one attached hydrogen (secondary N) is 1. The predicted molar refractivity (Wildman–Crippen MR) is 197 cm³/mol. The highest BCUT2D eigenvalue weighted by Crippen LogP contribution is 2.43. The summed E-state index contributed by atoms with van der Waals surface area (Å²) >= 11 is 10.1. The van der Waals surface area contributed by atoms with Crippen LogP contribution >= 0.6 is 27.5 Å². The Hall–Kier alpha value is -3.82. The van der Waals surface area contributed by atoms with E-state index in [-0.39, 0.29) is 11.8 Å². The summed E-state index contributed by atoms with van der Waals surface area (Å²) in [6, 6.07) is 20.2. The van der Waals surface area contributed by atoms with Crippen molar-refractivity contribution in [2.24, 2.45) is 5.41 Å². The third-order valence-corrected chi connectivity index (χ3v) is 10.5. The van der Waals surface area contributed by atoms with Crippen LogP contribution < -0.4 is 10.2 Å². The summed E-state index contributed by atoms with van der Waals surface area (Å²) in [4.78, 5) is 44.1. The summed E-state index contributed by atoms with van der Waals surface area (Å²) in [5, 5.41) is 4.78. The van der Waals surface area contributed by atoms with Crippen molar-refractivity contribution in [2.45, 2.75) is 64.2 Å².